The number of carbonyl (C=O) groups is 2. The summed E-state index contributed by atoms with van der Waals surface area (Å²) in [6.07, 6.45) is 0.632. The van der Waals surface area contributed by atoms with Crippen LogP contribution in [-0.4, -0.2) is 45.3 Å². The van der Waals surface area contributed by atoms with E-state index in [9.17, 15) is 24.9 Å². The lowest BCUT2D eigenvalue weighted by atomic mass is 9.92. The van der Waals surface area contributed by atoms with E-state index in [1.165, 1.54) is 0 Å². The zero-order chi connectivity index (χ0) is 22.3. The van der Waals surface area contributed by atoms with Crippen molar-refractivity contribution in [2.75, 3.05) is 13.2 Å². The number of aliphatic hydroxyl groups excluding tert-OH is 3. The Kier molecular flexibility index (Phi) is 8.82. The third-order valence-corrected chi connectivity index (χ3v) is 4.97. The molecule has 0 atom stereocenters. The van der Waals surface area contributed by atoms with Gasteiger partial charge in [-0.25, -0.2) is 4.79 Å². The molecule has 7 N–H and O–H groups in total. The fraction of sp³-hybridized carbons (Fsp3) is 0.400. The number of benzene rings is 1. The largest absolute Gasteiger partial charge is 0.461 e. The van der Waals surface area contributed by atoms with Crippen LogP contribution in [0.2, 0.25) is 5.02 Å². The molecule has 1 heterocycles. The number of ether oxygens (including phenoxy) is 1. The van der Waals surface area contributed by atoms with Gasteiger partial charge in [-0.2, -0.15) is 0 Å². The van der Waals surface area contributed by atoms with Crippen LogP contribution >= 0.6 is 11.6 Å². The van der Waals surface area contributed by atoms with Gasteiger partial charge in [0.2, 0.25) is 5.91 Å². The third-order valence-electron chi connectivity index (χ3n) is 4.59. The van der Waals surface area contributed by atoms with Crippen LogP contribution in [0.1, 0.15) is 46.2 Å². The van der Waals surface area contributed by atoms with Crippen molar-refractivity contribution in [1.29, 1.82) is 0 Å². The van der Waals surface area contributed by atoms with E-state index < -0.39 is 25.1 Å². The Morgan fingerprint density at radius 3 is 2.43 bits per heavy atom. The zero-order valence-electron chi connectivity index (χ0n) is 16.6. The van der Waals surface area contributed by atoms with Gasteiger partial charge in [-0.3, -0.25) is 4.79 Å². The molecule has 1 aromatic heterocycles. The lowest BCUT2D eigenvalue weighted by Crippen LogP contribution is -2.30. The predicted octanol–water partition coefficient (Wildman–Crippen LogP) is 0.954. The predicted molar refractivity (Wildman–Crippen MR) is 110 cm³/mol. The van der Waals surface area contributed by atoms with Gasteiger partial charge in [0, 0.05) is 11.3 Å². The number of aromatic amines is 1. The number of nitrogens with two attached hydrogens (primary N) is 1. The van der Waals surface area contributed by atoms with Gasteiger partial charge in [-0.05, 0) is 28.7 Å². The van der Waals surface area contributed by atoms with E-state index in [-0.39, 0.29) is 37.0 Å². The Hall–Kier alpha value is -2.43. The van der Waals surface area contributed by atoms with Crippen molar-refractivity contribution in [2.24, 2.45) is 5.73 Å². The fourth-order valence-corrected chi connectivity index (χ4v) is 3.45. The number of rotatable bonds is 10. The Morgan fingerprint density at radius 2 is 1.87 bits per heavy atom. The quantitative estimate of drug-likeness (QED) is 0.301. The first-order valence-corrected chi connectivity index (χ1v) is 9.81. The van der Waals surface area contributed by atoms with Gasteiger partial charge in [-0.1, -0.05) is 30.7 Å². The van der Waals surface area contributed by atoms with E-state index >= 15 is 0 Å². The van der Waals surface area contributed by atoms with Crippen LogP contribution in [0.4, 0.5) is 0 Å². The van der Waals surface area contributed by atoms with Crippen molar-refractivity contribution >= 4 is 23.5 Å². The standard InChI is InChI=1S/C20H26ClN3O6/c1-2-5-30-20(29)19-18(21)17(15(24-19)7-23-16(28)6-22)12-4-3-11(8-25)13(9-26)14(12)10-27/h3-4,24-27H,2,5-10,22H2,1H3,(H,23,28). The summed E-state index contributed by atoms with van der Waals surface area (Å²) in [4.78, 5) is 27.0. The minimum Gasteiger partial charge on any atom is -0.461 e. The SMILES string of the molecule is CCCOC(=O)c1[nH]c(CNC(=O)CN)c(-c2ccc(CO)c(CO)c2CO)c1Cl. The van der Waals surface area contributed by atoms with Crippen LogP contribution in [0.5, 0.6) is 0 Å². The molecule has 2 rings (SSSR count). The molecular weight excluding hydrogens is 414 g/mol. The van der Waals surface area contributed by atoms with Crippen LogP contribution in [0.25, 0.3) is 11.1 Å². The van der Waals surface area contributed by atoms with Gasteiger partial charge in [0.25, 0.3) is 0 Å². The van der Waals surface area contributed by atoms with Gasteiger partial charge in [-0.15, -0.1) is 0 Å². The second-order valence-corrected chi connectivity index (χ2v) is 6.87. The molecule has 9 nitrogen and oxygen atoms in total. The average molecular weight is 440 g/mol. The molecule has 0 bridgehead atoms. The Labute approximate surface area is 178 Å². The summed E-state index contributed by atoms with van der Waals surface area (Å²) in [5.74, 6) is -1.06. The van der Waals surface area contributed by atoms with E-state index in [0.717, 1.165) is 0 Å². The van der Waals surface area contributed by atoms with Gasteiger partial charge < -0.3 is 36.1 Å². The molecule has 0 fully saturated rings. The highest BCUT2D eigenvalue weighted by Crippen LogP contribution is 2.38. The van der Waals surface area contributed by atoms with Gasteiger partial charge in [0.05, 0.1) is 44.5 Å². The van der Waals surface area contributed by atoms with Crippen LogP contribution < -0.4 is 11.1 Å². The molecule has 30 heavy (non-hydrogen) atoms. The number of hydrogen-bond donors (Lipinski definition) is 6. The number of carbonyl (C=O) groups excluding carboxylic acids is 2. The van der Waals surface area contributed by atoms with E-state index in [1.54, 1.807) is 12.1 Å². The first-order chi connectivity index (χ1) is 14.4. The van der Waals surface area contributed by atoms with Crippen LogP contribution in [-0.2, 0) is 35.9 Å². The molecule has 2 aromatic rings. The fourth-order valence-electron chi connectivity index (χ4n) is 3.11. The molecule has 0 saturated heterocycles. The first kappa shape index (κ1) is 23.8. The topological polar surface area (TPSA) is 158 Å². The zero-order valence-corrected chi connectivity index (χ0v) is 17.4. The molecule has 0 aliphatic carbocycles. The normalized spacial score (nSPS) is 10.9. The smallest absolute Gasteiger partial charge is 0.356 e. The van der Waals surface area contributed by atoms with E-state index in [1.807, 2.05) is 6.92 Å². The molecule has 0 radical (unpaired) electrons. The molecule has 1 amide bonds. The number of nitrogens with one attached hydrogen (secondary N) is 2. The minimum atomic E-state index is -0.653. The van der Waals surface area contributed by atoms with Crippen molar-refractivity contribution < 1.29 is 29.6 Å². The third kappa shape index (κ3) is 5.00. The highest BCUT2D eigenvalue weighted by molar-refractivity contribution is 6.36. The summed E-state index contributed by atoms with van der Waals surface area (Å²) < 4.78 is 5.16. The number of aliphatic hydroxyl groups is 3. The van der Waals surface area contributed by atoms with Crippen molar-refractivity contribution in [3.05, 3.63) is 45.2 Å². The maximum atomic E-state index is 12.4. The maximum Gasteiger partial charge on any atom is 0.356 e. The number of amides is 1. The van der Waals surface area contributed by atoms with E-state index in [0.29, 0.717) is 39.9 Å². The van der Waals surface area contributed by atoms with Gasteiger partial charge in [0.15, 0.2) is 0 Å². The molecule has 0 saturated carbocycles. The Bertz CT molecular complexity index is 912. The number of H-pyrrole nitrogens is 1. The summed E-state index contributed by atoms with van der Waals surface area (Å²) in [5.41, 5.74) is 7.74. The maximum absolute atomic E-state index is 12.4. The van der Waals surface area contributed by atoms with Gasteiger partial charge in [0.1, 0.15) is 5.69 Å². The number of hydrogen-bond acceptors (Lipinski definition) is 7. The van der Waals surface area contributed by atoms with Crippen LogP contribution in [0.3, 0.4) is 0 Å². The van der Waals surface area contributed by atoms with Crippen LogP contribution in [0, 0.1) is 0 Å². The van der Waals surface area contributed by atoms with E-state index in [4.69, 9.17) is 22.1 Å². The first-order valence-electron chi connectivity index (χ1n) is 9.44. The molecular formula is C20H26ClN3O6. The number of aromatic nitrogens is 1. The molecule has 0 unspecified atom stereocenters. The molecule has 10 heteroatoms. The second-order valence-electron chi connectivity index (χ2n) is 6.49. The summed E-state index contributed by atoms with van der Waals surface area (Å²) in [6.45, 7) is 0.680. The lowest BCUT2D eigenvalue weighted by Gasteiger charge is -2.16. The summed E-state index contributed by atoms with van der Waals surface area (Å²) >= 11 is 6.52. The molecule has 0 spiro atoms. The summed E-state index contributed by atoms with van der Waals surface area (Å²) in [6, 6.07) is 3.22. The second kappa shape index (κ2) is 11.1. The number of halogens is 1. The molecule has 0 aliphatic rings. The Morgan fingerprint density at radius 1 is 1.17 bits per heavy atom. The number of esters is 1. The van der Waals surface area contributed by atoms with Crippen LogP contribution in [0.15, 0.2) is 12.1 Å². The lowest BCUT2D eigenvalue weighted by molar-refractivity contribution is -0.119. The van der Waals surface area contributed by atoms with Crippen molar-refractivity contribution in [1.82, 2.24) is 10.3 Å². The monoisotopic (exact) mass is 439 g/mol. The highest BCUT2D eigenvalue weighted by atomic mass is 35.5. The molecule has 0 aliphatic heterocycles. The minimum absolute atomic E-state index is 0.00672. The summed E-state index contributed by atoms with van der Waals surface area (Å²) in [5, 5.41) is 31.9. The van der Waals surface area contributed by atoms with Crippen molar-refractivity contribution in [3.8, 4) is 11.1 Å². The van der Waals surface area contributed by atoms with E-state index in [2.05, 4.69) is 10.3 Å². The van der Waals surface area contributed by atoms with Crippen molar-refractivity contribution in [2.45, 2.75) is 39.7 Å². The van der Waals surface area contributed by atoms with Gasteiger partial charge >= 0.3 is 5.97 Å². The highest BCUT2D eigenvalue weighted by Gasteiger charge is 2.26. The summed E-state index contributed by atoms with van der Waals surface area (Å²) in [7, 11) is 0. The average Bonchev–Trinajstić information content (AvgIpc) is 3.10. The van der Waals surface area contributed by atoms with Crippen molar-refractivity contribution in [3.63, 3.8) is 0 Å². The molecule has 164 valence electrons. The Balaban J connectivity index is 2.66. The molecule has 1 aromatic carbocycles.